The third-order valence-corrected chi connectivity index (χ3v) is 5.48. The van der Waals surface area contributed by atoms with Gasteiger partial charge in [-0.05, 0) is 41.7 Å². The van der Waals surface area contributed by atoms with Gasteiger partial charge in [0.2, 0.25) is 5.91 Å². The van der Waals surface area contributed by atoms with Crippen molar-refractivity contribution in [2.75, 3.05) is 26.2 Å². The average Bonchev–Trinajstić information content (AvgIpc) is 3.06. The van der Waals surface area contributed by atoms with E-state index in [0.29, 0.717) is 12.5 Å². The van der Waals surface area contributed by atoms with Gasteiger partial charge in [-0.25, -0.2) is 0 Å². The van der Waals surface area contributed by atoms with E-state index in [0.717, 1.165) is 44.6 Å². The van der Waals surface area contributed by atoms with Gasteiger partial charge in [-0.2, -0.15) is 0 Å². The molecule has 0 saturated carbocycles. The van der Waals surface area contributed by atoms with E-state index < -0.39 is 0 Å². The molecule has 1 amide bonds. The Morgan fingerprint density at radius 2 is 1.64 bits per heavy atom. The van der Waals surface area contributed by atoms with Crippen LogP contribution in [0.3, 0.4) is 0 Å². The van der Waals surface area contributed by atoms with Crippen LogP contribution in [0.15, 0.2) is 48.5 Å². The van der Waals surface area contributed by atoms with Crippen molar-refractivity contribution in [3.05, 3.63) is 65.2 Å². The molecule has 1 fully saturated rings. The Morgan fingerprint density at radius 1 is 0.960 bits per heavy atom. The molecule has 25 heavy (non-hydrogen) atoms. The number of rotatable bonds is 3. The normalized spacial score (nSPS) is 18.3. The summed E-state index contributed by atoms with van der Waals surface area (Å²) < 4.78 is 0. The monoisotopic (exact) mass is 336 g/mol. The summed E-state index contributed by atoms with van der Waals surface area (Å²) in [5.74, 6) is 0.371. The molecule has 2 aromatic carbocycles. The average molecular weight is 336 g/mol. The van der Waals surface area contributed by atoms with E-state index in [4.69, 9.17) is 0 Å². The van der Waals surface area contributed by atoms with Crippen LogP contribution in [0.5, 0.6) is 5.75 Å². The van der Waals surface area contributed by atoms with Crippen molar-refractivity contribution >= 4 is 5.91 Å². The molecule has 0 unspecified atom stereocenters. The predicted octanol–water partition coefficient (Wildman–Crippen LogP) is 2.25. The molecule has 0 radical (unpaired) electrons. The second-order valence-electron chi connectivity index (χ2n) is 7.09. The number of aromatic hydroxyl groups is 1. The first-order valence-corrected chi connectivity index (χ1v) is 9.05. The van der Waals surface area contributed by atoms with Crippen LogP contribution in [0.4, 0.5) is 0 Å². The molecular formula is C21H24N2O2. The summed E-state index contributed by atoms with van der Waals surface area (Å²) in [6, 6.07) is 16.3. The van der Waals surface area contributed by atoms with E-state index in [2.05, 4.69) is 29.2 Å². The van der Waals surface area contributed by atoms with Crippen molar-refractivity contribution in [3.8, 4) is 5.75 Å². The van der Waals surface area contributed by atoms with E-state index in [9.17, 15) is 9.90 Å². The van der Waals surface area contributed by atoms with Gasteiger partial charge in [-0.3, -0.25) is 9.69 Å². The van der Waals surface area contributed by atoms with Crippen molar-refractivity contribution in [1.29, 1.82) is 0 Å². The molecule has 1 aliphatic heterocycles. The number of fused-ring (bicyclic) bond motifs is 1. The Labute approximate surface area is 148 Å². The molecule has 1 heterocycles. The fraction of sp³-hybridized carbons (Fsp3) is 0.381. The van der Waals surface area contributed by atoms with Crippen LogP contribution in [0.1, 0.15) is 16.7 Å². The first kappa shape index (κ1) is 16.2. The lowest BCUT2D eigenvalue weighted by molar-refractivity contribution is -0.132. The molecule has 2 aliphatic rings. The van der Waals surface area contributed by atoms with Gasteiger partial charge in [-0.15, -0.1) is 0 Å². The Balaban J connectivity index is 1.31. The molecule has 0 aromatic heterocycles. The minimum absolute atomic E-state index is 0.153. The molecule has 4 rings (SSSR count). The number of piperazine rings is 1. The minimum atomic E-state index is 0.153. The number of phenolic OH excluding ortho intramolecular Hbond substituents is 1. The van der Waals surface area contributed by atoms with Crippen molar-refractivity contribution in [2.45, 2.75) is 25.3 Å². The zero-order valence-corrected chi connectivity index (χ0v) is 14.4. The Kier molecular flexibility index (Phi) is 4.45. The molecule has 4 heteroatoms. The highest BCUT2D eigenvalue weighted by Crippen LogP contribution is 2.26. The summed E-state index contributed by atoms with van der Waals surface area (Å²) in [4.78, 5) is 17.0. The predicted molar refractivity (Wildman–Crippen MR) is 97.6 cm³/mol. The first-order chi connectivity index (χ1) is 12.2. The minimum Gasteiger partial charge on any atom is -0.508 e. The van der Waals surface area contributed by atoms with Gasteiger partial charge in [0.1, 0.15) is 5.75 Å². The summed E-state index contributed by atoms with van der Waals surface area (Å²) in [6.07, 6.45) is 2.63. The van der Waals surface area contributed by atoms with Gasteiger partial charge in [-0.1, -0.05) is 36.4 Å². The fourth-order valence-corrected chi connectivity index (χ4v) is 4.08. The van der Waals surface area contributed by atoms with Crippen LogP contribution >= 0.6 is 0 Å². The van der Waals surface area contributed by atoms with E-state index in [-0.39, 0.29) is 11.7 Å². The van der Waals surface area contributed by atoms with Gasteiger partial charge in [0.15, 0.2) is 0 Å². The van der Waals surface area contributed by atoms with E-state index >= 15 is 0 Å². The van der Waals surface area contributed by atoms with Gasteiger partial charge in [0.25, 0.3) is 0 Å². The van der Waals surface area contributed by atoms with Crippen LogP contribution in [0.25, 0.3) is 0 Å². The smallest absolute Gasteiger partial charge is 0.227 e. The van der Waals surface area contributed by atoms with Crippen molar-refractivity contribution in [2.24, 2.45) is 0 Å². The van der Waals surface area contributed by atoms with Gasteiger partial charge in [0, 0.05) is 32.2 Å². The molecule has 2 aromatic rings. The lowest BCUT2D eigenvalue weighted by Crippen LogP contribution is -2.52. The van der Waals surface area contributed by atoms with Crippen molar-refractivity contribution in [1.82, 2.24) is 9.80 Å². The third kappa shape index (κ3) is 3.54. The molecule has 0 spiro atoms. The molecule has 0 bridgehead atoms. The first-order valence-electron chi connectivity index (χ1n) is 9.05. The van der Waals surface area contributed by atoms with Crippen LogP contribution < -0.4 is 0 Å². The largest absolute Gasteiger partial charge is 0.508 e. The zero-order valence-electron chi connectivity index (χ0n) is 14.4. The number of carbonyl (C=O) groups is 1. The molecule has 1 aliphatic carbocycles. The number of carbonyl (C=O) groups excluding carboxylic acids is 1. The standard InChI is InChI=1S/C21H24N2O2/c24-20-7-3-4-16(12-20)13-21(25)23-10-8-22(9-11-23)19-14-17-5-1-2-6-18(17)15-19/h1-7,12,19,24H,8-11,13-15H2. The summed E-state index contributed by atoms with van der Waals surface area (Å²) in [5.41, 5.74) is 3.84. The van der Waals surface area contributed by atoms with E-state index in [1.165, 1.54) is 11.1 Å². The van der Waals surface area contributed by atoms with Crippen LogP contribution in [0, 0.1) is 0 Å². The highest BCUT2D eigenvalue weighted by atomic mass is 16.3. The number of amides is 1. The molecule has 4 nitrogen and oxygen atoms in total. The Morgan fingerprint density at radius 3 is 2.28 bits per heavy atom. The maximum Gasteiger partial charge on any atom is 0.227 e. The van der Waals surface area contributed by atoms with E-state index in [1.807, 2.05) is 11.0 Å². The molecule has 1 saturated heterocycles. The van der Waals surface area contributed by atoms with Crippen LogP contribution in [-0.2, 0) is 24.1 Å². The molecular weight excluding hydrogens is 312 g/mol. The Bertz CT molecular complexity index is 741. The van der Waals surface area contributed by atoms with Gasteiger partial charge >= 0.3 is 0 Å². The zero-order chi connectivity index (χ0) is 17.2. The second-order valence-corrected chi connectivity index (χ2v) is 7.09. The highest BCUT2D eigenvalue weighted by molar-refractivity contribution is 5.79. The third-order valence-electron chi connectivity index (χ3n) is 5.48. The van der Waals surface area contributed by atoms with Gasteiger partial charge < -0.3 is 10.0 Å². The topological polar surface area (TPSA) is 43.8 Å². The Hall–Kier alpha value is -2.33. The van der Waals surface area contributed by atoms with Crippen molar-refractivity contribution in [3.63, 3.8) is 0 Å². The van der Waals surface area contributed by atoms with Crippen molar-refractivity contribution < 1.29 is 9.90 Å². The quantitative estimate of drug-likeness (QED) is 0.935. The van der Waals surface area contributed by atoms with Crippen LogP contribution in [0.2, 0.25) is 0 Å². The van der Waals surface area contributed by atoms with Crippen LogP contribution in [-0.4, -0.2) is 53.0 Å². The van der Waals surface area contributed by atoms with E-state index in [1.54, 1.807) is 18.2 Å². The SMILES string of the molecule is O=C(Cc1cccc(O)c1)N1CCN(C2Cc3ccccc3C2)CC1. The maximum atomic E-state index is 12.5. The fourth-order valence-electron chi connectivity index (χ4n) is 4.08. The second kappa shape index (κ2) is 6.89. The summed E-state index contributed by atoms with van der Waals surface area (Å²) in [6.45, 7) is 3.49. The summed E-state index contributed by atoms with van der Waals surface area (Å²) in [7, 11) is 0. The lowest BCUT2D eigenvalue weighted by Gasteiger charge is -2.38. The summed E-state index contributed by atoms with van der Waals surface area (Å²) >= 11 is 0. The molecule has 130 valence electrons. The number of hydrogen-bond acceptors (Lipinski definition) is 3. The number of phenols is 1. The molecule has 1 N–H and O–H groups in total. The highest BCUT2D eigenvalue weighted by Gasteiger charge is 2.30. The van der Waals surface area contributed by atoms with Gasteiger partial charge in [0.05, 0.1) is 6.42 Å². The number of nitrogens with zero attached hydrogens (tertiary/aromatic N) is 2. The number of hydrogen-bond donors (Lipinski definition) is 1. The lowest BCUT2D eigenvalue weighted by atomic mass is 10.1. The molecule has 0 atom stereocenters. The summed E-state index contributed by atoms with van der Waals surface area (Å²) in [5, 5.41) is 9.54. The number of benzene rings is 2. The maximum absolute atomic E-state index is 12.5.